The van der Waals surface area contributed by atoms with Crippen LogP contribution in [-0.4, -0.2) is 12.1 Å². The lowest BCUT2D eigenvalue weighted by atomic mass is 9.88. The summed E-state index contributed by atoms with van der Waals surface area (Å²) in [5, 5.41) is 4.01. The number of hydrogen-bond acceptors (Lipinski definition) is 2. The molecular weight excluding hydrogens is 287 g/mol. The Morgan fingerprint density at radius 2 is 2.19 bits per heavy atom. The van der Waals surface area contributed by atoms with E-state index in [1.165, 1.54) is 44.2 Å². The number of halogens is 2. The molecule has 1 fully saturated rings. The monoisotopic (exact) mass is 312 g/mol. The predicted molar refractivity (Wildman–Crippen MR) is 88.3 cm³/mol. The first kappa shape index (κ1) is 16.6. The second-order valence-corrected chi connectivity index (χ2v) is 6.73. The van der Waals surface area contributed by atoms with Gasteiger partial charge in [-0.15, -0.1) is 0 Å². The van der Waals surface area contributed by atoms with Crippen LogP contribution in [0.3, 0.4) is 0 Å². The van der Waals surface area contributed by atoms with Crippen molar-refractivity contribution >= 4 is 17.3 Å². The molecule has 0 aliphatic heterocycles. The van der Waals surface area contributed by atoms with Crippen molar-refractivity contribution in [3.63, 3.8) is 0 Å². The Labute approximate surface area is 132 Å². The van der Waals surface area contributed by atoms with Crippen molar-refractivity contribution in [2.75, 3.05) is 11.9 Å². The quantitative estimate of drug-likeness (QED) is 0.753. The van der Waals surface area contributed by atoms with Crippen molar-refractivity contribution < 1.29 is 4.39 Å². The van der Waals surface area contributed by atoms with E-state index in [4.69, 9.17) is 17.3 Å². The first-order chi connectivity index (χ1) is 10.1. The zero-order valence-corrected chi connectivity index (χ0v) is 13.6. The molecule has 3 N–H and O–H groups in total. The fourth-order valence-electron chi connectivity index (χ4n) is 3.43. The smallest absolute Gasteiger partial charge is 0.125 e. The van der Waals surface area contributed by atoms with Crippen molar-refractivity contribution in [1.29, 1.82) is 0 Å². The van der Waals surface area contributed by atoms with Crippen LogP contribution in [0.4, 0.5) is 10.1 Å². The van der Waals surface area contributed by atoms with Gasteiger partial charge in [0.1, 0.15) is 5.82 Å². The number of benzene rings is 1. The van der Waals surface area contributed by atoms with Gasteiger partial charge in [0.05, 0.1) is 10.7 Å². The molecule has 0 aromatic heterocycles. The standard InChI is InChI=1S/C17H26ClFN2/c1-2-4-13-5-3-9-17(12-20,10-8-13)21-16-11-14(19)6-7-15(16)18/h6-7,11,13,21H,2-5,8-10,12,20H2,1H3. The molecule has 0 heterocycles. The van der Waals surface area contributed by atoms with Gasteiger partial charge in [-0.1, -0.05) is 44.2 Å². The highest BCUT2D eigenvalue weighted by Crippen LogP contribution is 2.36. The van der Waals surface area contributed by atoms with Crippen molar-refractivity contribution in [2.24, 2.45) is 11.7 Å². The first-order valence-corrected chi connectivity index (χ1v) is 8.39. The highest BCUT2D eigenvalue weighted by molar-refractivity contribution is 6.33. The van der Waals surface area contributed by atoms with Crippen molar-refractivity contribution in [2.45, 2.75) is 57.4 Å². The van der Waals surface area contributed by atoms with Gasteiger partial charge in [0.2, 0.25) is 0 Å². The topological polar surface area (TPSA) is 38.0 Å². The molecule has 2 atom stereocenters. The Kier molecular flexibility index (Phi) is 5.88. The molecule has 118 valence electrons. The Hall–Kier alpha value is -0.800. The Morgan fingerprint density at radius 3 is 2.90 bits per heavy atom. The molecule has 2 nitrogen and oxygen atoms in total. The minimum atomic E-state index is -0.272. The minimum Gasteiger partial charge on any atom is -0.377 e. The van der Waals surface area contributed by atoms with E-state index in [1.807, 2.05) is 0 Å². The lowest BCUT2D eigenvalue weighted by Gasteiger charge is -2.34. The highest BCUT2D eigenvalue weighted by atomic mass is 35.5. The molecule has 1 aliphatic rings. The number of hydrogen-bond donors (Lipinski definition) is 2. The van der Waals surface area contributed by atoms with E-state index in [-0.39, 0.29) is 11.4 Å². The van der Waals surface area contributed by atoms with E-state index in [2.05, 4.69) is 12.2 Å². The molecule has 1 saturated carbocycles. The van der Waals surface area contributed by atoms with E-state index >= 15 is 0 Å². The Balaban J connectivity index is 2.12. The van der Waals surface area contributed by atoms with Crippen molar-refractivity contribution in [1.82, 2.24) is 0 Å². The largest absolute Gasteiger partial charge is 0.377 e. The van der Waals surface area contributed by atoms with Gasteiger partial charge >= 0.3 is 0 Å². The van der Waals surface area contributed by atoms with E-state index in [0.717, 1.165) is 18.8 Å². The molecule has 2 rings (SSSR count). The summed E-state index contributed by atoms with van der Waals surface area (Å²) in [5.74, 6) is 0.528. The van der Waals surface area contributed by atoms with Crippen LogP contribution in [0.1, 0.15) is 51.9 Å². The van der Waals surface area contributed by atoms with Crippen LogP contribution in [0.15, 0.2) is 18.2 Å². The van der Waals surface area contributed by atoms with Crippen LogP contribution in [0, 0.1) is 11.7 Å². The third-order valence-electron chi connectivity index (χ3n) is 4.71. The third-order valence-corrected chi connectivity index (χ3v) is 5.04. The maximum absolute atomic E-state index is 13.4. The van der Waals surface area contributed by atoms with Gasteiger partial charge in [-0.2, -0.15) is 0 Å². The number of nitrogens with two attached hydrogens (primary N) is 1. The van der Waals surface area contributed by atoms with Gasteiger partial charge < -0.3 is 11.1 Å². The fourth-order valence-corrected chi connectivity index (χ4v) is 3.60. The minimum absolute atomic E-state index is 0.153. The van der Waals surface area contributed by atoms with E-state index in [9.17, 15) is 4.39 Å². The van der Waals surface area contributed by atoms with Crippen LogP contribution in [0.2, 0.25) is 5.02 Å². The summed E-state index contributed by atoms with van der Waals surface area (Å²) in [6.07, 6.45) is 8.21. The summed E-state index contributed by atoms with van der Waals surface area (Å²) in [5.41, 5.74) is 6.57. The van der Waals surface area contributed by atoms with Crippen LogP contribution in [-0.2, 0) is 0 Å². The number of anilines is 1. The Bertz CT molecular complexity index is 466. The average molecular weight is 313 g/mol. The van der Waals surface area contributed by atoms with Gasteiger partial charge in [0.25, 0.3) is 0 Å². The predicted octanol–water partition coefficient (Wildman–Crippen LogP) is 4.97. The number of rotatable bonds is 5. The van der Waals surface area contributed by atoms with E-state index < -0.39 is 0 Å². The van der Waals surface area contributed by atoms with Gasteiger partial charge in [-0.05, 0) is 43.4 Å². The summed E-state index contributed by atoms with van der Waals surface area (Å²) >= 11 is 6.18. The fraction of sp³-hybridized carbons (Fsp3) is 0.647. The molecule has 1 aromatic rings. The third kappa shape index (κ3) is 4.33. The second kappa shape index (κ2) is 7.46. The van der Waals surface area contributed by atoms with E-state index in [0.29, 0.717) is 17.3 Å². The normalized spacial score (nSPS) is 26.4. The molecule has 1 aromatic carbocycles. The molecule has 0 bridgehead atoms. The molecule has 4 heteroatoms. The van der Waals surface area contributed by atoms with Gasteiger partial charge in [-0.25, -0.2) is 4.39 Å². The van der Waals surface area contributed by atoms with Crippen LogP contribution < -0.4 is 11.1 Å². The summed E-state index contributed by atoms with van der Waals surface area (Å²) < 4.78 is 13.4. The molecular formula is C17H26ClFN2. The molecule has 2 unspecified atom stereocenters. The van der Waals surface area contributed by atoms with Gasteiger partial charge in [0, 0.05) is 12.1 Å². The second-order valence-electron chi connectivity index (χ2n) is 6.32. The first-order valence-electron chi connectivity index (χ1n) is 8.02. The molecule has 0 saturated heterocycles. The van der Waals surface area contributed by atoms with Crippen molar-refractivity contribution in [3.8, 4) is 0 Å². The molecule has 0 amide bonds. The Morgan fingerprint density at radius 1 is 1.38 bits per heavy atom. The summed E-state index contributed by atoms with van der Waals surface area (Å²) in [6, 6.07) is 4.45. The van der Waals surface area contributed by atoms with Crippen LogP contribution in [0.25, 0.3) is 0 Å². The van der Waals surface area contributed by atoms with Gasteiger partial charge in [-0.3, -0.25) is 0 Å². The van der Waals surface area contributed by atoms with Crippen molar-refractivity contribution in [3.05, 3.63) is 29.0 Å². The zero-order chi connectivity index (χ0) is 15.3. The summed E-state index contributed by atoms with van der Waals surface area (Å²) in [6.45, 7) is 2.80. The van der Waals surface area contributed by atoms with Gasteiger partial charge in [0.15, 0.2) is 0 Å². The lowest BCUT2D eigenvalue weighted by molar-refractivity contribution is 0.390. The van der Waals surface area contributed by atoms with Crippen LogP contribution >= 0.6 is 11.6 Å². The van der Waals surface area contributed by atoms with Crippen LogP contribution in [0.5, 0.6) is 0 Å². The molecule has 21 heavy (non-hydrogen) atoms. The van der Waals surface area contributed by atoms with E-state index in [1.54, 1.807) is 6.07 Å². The zero-order valence-electron chi connectivity index (χ0n) is 12.8. The highest BCUT2D eigenvalue weighted by Gasteiger charge is 2.32. The average Bonchev–Trinajstić information content (AvgIpc) is 2.67. The lowest BCUT2D eigenvalue weighted by Crippen LogP contribution is -2.45. The maximum atomic E-state index is 13.4. The molecule has 0 radical (unpaired) electrons. The molecule has 0 spiro atoms. The number of nitrogens with one attached hydrogen (secondary N) is 1. The molecule has 1 aliphatic carbocycles. The SMILES string of the molecule is CCCC1CCCC(CN)(Nc2cc(F)ccc2Cl)CC1. The summed E-state index contributed by atoms with van der Waals surface area (Å²) in [7, 11) is 0. The maximum Gasteiger partial charge on any atom is 0.125 e. The summed E-state index contributed by atoms with van der Waals surface area (Å²) in [4.78, 5) is 0.